The van der Waals surface area contributed by atoms with Gasteiger partial charge in [-0.1, -0.05) is 50.2 Å². The van der Waals surface area contributed by atoms with Crippen molar-refractivity contribution in [1.82, 2.24) is 10.3 Å². The molecular weight excluding hydrogens is 406 g/mol. The molecule has 0 aliphatic rings. The average Bonchev–Trinajstić information content (AvgIpc) is 2.80. The normalized spacial score (nSPS) is 11.0. The van der Waals surface area contributed by atoms with Gasteiger partial charge in [0.2, 0.25) is 0 Å². The zero-order valence-corrected chi connectivity index (χ0v) is 18.0. The maximum atomic E-state index is 12.4. The Balaban J connectivity index is 1.56. The topological polar surface area (TPSA) is 97.4 Å². The number of nitrogens with one attached hydrogen (secondary N) is 2. The van der Waals surface area contributed by atoms with Gasteiger partial charge in [-0.15, -0.1) is 0 Å². The van der Waals surface area contributed by atoms with E-state index in [0.717, 1.165) is 16.5 Å². The Morgan fingerprint density at radius 3 is 2.62 bits per heavy atom. The van der Waals surface area contributed by atoms with Crippen LogP contribution in [0, 0.1) is 5.92 Å². The molecule has 3 rings (SSSR count). The molecule has 2 amide bonds. The van der Waals surface area contributed by atoms with Crippen molar-refractivity contribution >= 4 is 40.4 Å². The van der Waals surface area contributed by atoms with Crippen LogP contribution >= 0.6 is 0 Å². The summed E-state index contributed by atoms with van der Waals surface area (Å²) in [6, 6.07) is 16.1. The van der Waals surface area contributed by atoms with Gasteiger partial charge in [-0.3, -0.25) is 14.6 Å². The highest BCUT2D eigenvalue weighted by molar-refractivity contribution is 6.04. The molecule has 0 aliphatic heterocycles. The number of rotatable bonds is 8. The van der Waals surface area contributed by atoms with Gasteiger partial charge in [-0.25, -0.2) is 4.79 Å². The summed E-state index contributed by atoms with van der Waals surface area (Å²) >= 11 is 0. The number of nitrogens with zero attached hydrogens (tertiary/aromatic N) is 1. The van der Waals surface area contributed by atoms with Crippen LogP contribution in [0.5, 0.6) is 0 Å². The summed E-state index contributed by atoms with van der Waals surface area (Å²) in [5.41, 5.74) is 2.23. The van der Waals surface area contributed by atoms with E-state index >= 15 is 0 Å². The Bertz CT molecular complexity index is 1150. The maximum Gasteiger partial charge on any atom is 0.331 e. The van der Waals surface area contributed by atoms with Crippen molar-refractivity contribution in [2.75, 3.05) is 18.5 Å². The molecule has 0 unspecified atom stereocenters. The molecule has 164 valence electrons. The van der Waals surface area contributed by atoms with Crippen LogP contribution in [0.25, 0.3) is 17.0 Å². The average molecular weight is 431 g/mol. The van der Waals surface area contributed by atoms with Gasteiger partial charge in [0.15, 0.2) is 6.61 Å². The fourth-order valence-electron chi connectivity index (χ4n) is 2.97. The van der Waals surface area contributed by atoms with E-state index in [1.54, 1.807) is 36.5 Å². The van der Waals surface area contributed by atoms with Crippen molar-refractivity contribution in [3.8, 4) is 0 Å². The van der Waals surface area contributed by atoms with Crippen molar-refractivity contribution in [1.29, 1.82) is 0 Å². The van der Waals surface area contributed by atoms with Crippen LogP contribution < -0.4 is 10.6 Å². The molecule has 0 saturated heterocycles. The predicted molar refractivity (Wildman–Crippen MR) is 124 cm³/mol. The molecule has 0 radical (unpaired) electrons. The van der Waals surface area contributed by atoms with E-state index < -0.39 is 18.5 Å². The lowest BCUT2D eigenvalue weighted by atomic mass is 10.1. The van der Waals surface area contributed by atoms with Crippen molar-refractivity contribution in [3.63, 3.8) is 0 Å². The lowest BCUT2D eigenvalue weighted by molar-refractivity contribution is -0.142. The number of esters is 1. The summed E-state index contributed by atoms with van der Waals surface area (Å²) in [7, 11) is 0. The van der Waals surface area contributed by atoms with Gasteiger partial charge >= 0.3 is 5.97 Å². The molecule has 0 aliphatic carbocycles. The van der Waals surface area contributed by atoms with Crippen molar-refractivity contribution in [2.45, 2.75) is 13.8 Å². The van der Waals surface area contributed by atoms with E-state index in [1.807, 2.05) is 44.2 Å². The molecule has 1 heterocycles. The molecule has 7 nitrogen and oxygen atoms in total. The van der Waals surface area contributed by atoms with E-state index in [2.05, 4.69) is 15.6 Å². The van der Waals surface area contributed by atoms with Gasteiger partial charge in [0.25, 0.3) is 11.8 Å². The smallest absolute Gasteiger partial charge is 0.331 e. The molecule has 2 N–H and O–H groups in total. The van der Waals surface area contributed by atoms with E-state index in [-0.39, 0.29) is 5.91 Å². The Hall–Kier alpha value is -4.00. The molecule has 0 fully saturated rings. The number of hydrogen-bond acceptors (Lipinski definition) is 5. The second-order valence-corrected chi connectivity index (χ2v) is 7.56. The van der Waals surface area contributed by atoms with E-state index in [1.165, 1.54) is 6.08 Å². The molecule has 1 aromatic heterocycles. The van der Waals surface area contributed by atoms with Crippen LogP contribution in [0.2, 0.25) is 0 Å². The summed E-state index contributed by atoms with van der Waals surface area (Å²) in [6.45, 7) is 4.04. The van der Waals surface area contributed by atoms with Crippen LogP contribution in [0.15, 0.2) is 66.9 Å². The van der Waals surface area contributed by atoms with Crippen LogP contribution in [0.1, 0.15) is 29.8 Å². The first kappa shape index (κ1) is 22.7. The summed E-state index contributed by atoms with van der Waals surface area (Å²) in [6.07, 6.45) is 4.54. The number of hydrogen-bond donors (Lipinski definition) is 2. The minimum absolute atomic E-state index is 0.279. The number of carbonyl (C=O) groups excluding carboxylic acids is 3. The SMILES string of the molecule is CC(C)CNC(=O)c1ccccc1NC(=O)COC(=O)/C=C/c1cccc2cccnc12. The van der Waals surface area contributed by atoms with Crippen molar-refractivity contribution in [2.24, 2.45) is 5.92 Å². The van der Waals surface area contributed by atoms with Gasteiger partial charge in [-0.2, -0.15) is 0 Å². The minimum Gasteiger partial charge on any atom is -0.452 e. The predicted octanol–water partition coefficient (Wildman–Crippen LogP) is 3.82. The number of aromatic nitrogens is 1. The van der Waals surface area contributed by atoms with Crippen molar-refractivity contribution < 1.29 is 19.1 Å². The summed E-state index contributed by atoms with van der Waals surface area (Å²) in [5.74, 6) is -1.17. The lowest BCUT2D eigenvalue weighted by Gasteiger charge is -2.12. The molecule has 0 spiro atoms. The Morgan fingerprint density at radius 1 is 1.03 bits per heavy atom. The molecule has 3 aromatic rings. The number of benzene rings is 2. The number of pyridine rings is 1. The number of carbonyl (C=O) groups is 3. The lowest BCUT2D eigenvalue weighted by Crippen LogP contribution is -2.29. The quantitative estimate of drug-likeness (QED) is 0.417. The number of ether oxygens (including phenoxy) is 1. The highest BCUT2D eigenvalue weighted by atomic mass is 16.5. The Kier molecular flexibility index (Phi) is 7.70. The summed E-state index contributed by atoms with van der Waals surface area (Å²) in [5, 5.41) is 6.40. The molecular formula is C25H25N3O4. The third kappa shape index (κ3) is 6.25. The first-order valence-electron chi connectivity index (χ1n) is 10.3. The number of anilines is 1. The fourth-order valence-corrected chi connectivity index (χ4v) is 2.97. The van der Waals surface area contributed by atoms with Crippen molar-refractivity contribution in [3.05, 3.63) is 78.0 Å². The fraction of sp³-hybridized carbons (Fsp3) is 0.200. The molecule has 7 heteroatoms. The maximum absolute atomic E-state index is 12.4. The Morgan fingerprint density at radius 2 is 1.81 bits per heavy atom. The van der Waals surface area contributed by atoms with Gasteiger partial charge in [0.1, 0.15) is 0 Å². The van der Waals surface area contributed by atoms with Gasteiger partial charge in [0.05, 0.1) is 16.8 Å². The summed E-state index contributed by atoms with van der Waals surface area (Å²) in [4.78, 5) is 41.0. The largest absolute Gasteiger partial charge is 0.452 e. The molecule has 32 heavy (non-hydrogen) atoms. The zero-order valence-electron chi connectivity index (χ0n) is 18.0. The molecule has 2 aromatic carbocycles. The zero-order chi connectivity index (χ0) is 22.9. The second-order valence-electron chi connectivity index (χ2n) is 7.56. The second kappa shape index (κ2) is 10.9. The minimum atomic E-state index is -0.656. The first-order valence-corrected chi connectivity index (χ1v) is 10.3. The van der Waals surface area contributed by atoms with E-state index in [4.69, 9.17) is 4.74 Å². The third-order valence-corrected chi connectivity index (χ3v) is 4.53. The number of para-hydroxylation sites is 2. The number of fused-ring (bicyclic) bond motifs is 1. The summed E-state index contributed by atoms with van der Waals surface area (Å²) < 4.78 is 5.03. The van der Waals surface area contributed by atoms with Gasteiger partial charge in [0, 0.05) is 29.8 Å². The Labute approximate surface area is 186 Å². The highest BCUT2D eigenvalue weighted by Crippen LogP contribution is 2.17. The number of amides is 2. The van der Waals surface area contributed by atoms with Crippen LogP contribution in [-0.2, 0) is 14.3 Å². The third-order valence-electron chi connectivity index (χ3n) is 4.53. The first-order chi connectivity index (χ1) is 15.4. The van der Waals surface area contributed by atoms with Gasteiger partial charge in [-0.05, 0) is 30.2 Å². The molecule has 0 saturated carbocycles. The molecule has 0 atom stereocenters. The van der Waals surface area contributed by atoms with Crippen LogP contribution in [0.3, 0.4) is 0 Å². The van der Waals surface area contributed by atoms with E-state index in [0.29, 0.717) is 23.7 Å². The monoisotopic (exact) mass is 431 g/mol. The van der Waals surface area contributed by atoms with Crippen LogP contribution in [-0.4, -0.2) is 35.9 Å². The standard InChI is InChI=1S/C25H25N3O4/c1-17(2)15-27-25(31)20-10-3-4-11-21(20)28-22(29)16-32-23(30)13-12-19-8-5-7-18-9-6-14-26-24(18)19/h3-14,17H,15-16H2,1-2H3,(H,27,31)(H,28,29)/b13-12+. The highest BCUT2D eigenvalue weighted by Gasteiger charge is 2.14. The van der Waals surface area contributed by atoms with E-state index in [9.17, 15) is 14.4 Å². The van der Waals surface area contributed by atoms with Gasteiger partial charge < -0.3 is 15.4 Å². The molecule has 0 bridgehead atoms. The van der Waals surface area contributed by atoms with Crippen LogP contribution in [0.4, 0.5) is 5.69 Å².